The number of halogens is 5. The minimum Gasteiger partial charge on any atom is -0.303 e. The van der Waals surface area contributed by atoms with E-state index in [0.717, 1.165) is 6.20 Å². The number of nitrogens with one attached hydrogen (secondary N) is 1. The molecule has 0 atom stereocenters. The summed E-state index contributed by atoms with van der Waals surface area (Å²) in [6, 6.07) is 3.21. The SMILES string of the molecule is FC1CC(c2nc(C(F)(F)F)cn2-c2cc(Cl)c3[nH]ncc3c2)C1. The minimum atomic E-state index is -4.57. The van der Waals surface area contributed by atoms with E-state index in [0.29, 0.717) is 21.6 Å². The Morgan fingerprint density at radius 1 is 1.25 bits per heavy atom. The second kappa shape index (κ2) is 5.20. The van der Waals surface area contributed by atoms with Crippen LogP contribution in [0.4, 0.5) is 17.6 Å². The molecule has 4 nitrogen and oxygen atoms in total. The summed E-state index contributed by atoms with van der Waals surface area (Å²) in [5.41, 5.74) is 0.0445. The highest BCUT2D eigenvalue weighted by Crippen LogP contribution is 2.41. The van der Waals surface area contributed by atoms with Crippen molar-refractivity contribution in [2.24, 2.45) is 0 Å². The molecule has 3 aromatic rings. The van der Waals surface area contributed by atoms with E-state index in [1.54, 1.807) is 12.1 Å². The van der Waals surface area contributed by atoms with Crippen LogP contribution in [0.3, 0.4) is 0 Å². The van der Waals surface area contributed by atoms with E-state index in [2.05, 4.69) is 15.2 Å². The van der Waals surface area contributed by atoms with Gasteiger partial charge in [0, 0.05) is 23.2 Å². The Kier molecular flexibility index (Phi) is 3.35. The molecule has 1 saturated carbocycles. The van der Waals surface area contributed by atoms with Crippen LogP contribution in [0.25, 0.3) is 16.6 Å². The van der Waals surface area contributed by atoms with Gasteiger partial charge < -0.3 is 4.57 Å². The molecule has 24 heavy (non-hydrogen) atoms. The molecule has 0 amide bonds. The summed E-state index contributed by atoms with van der Waals surface area (Å²) < 4.78 is 53.7. The van der Waals surface area contributed by atoms with Crippen LogP contribution < -0.4 is 0 Å². The first kappa shape index (κ1) is 15.4. The highest BCUT2D eigenvalue weighted by atomic mass is 35.5. The predicted octanol–water partition coefficient (Wildman–Crippen LogP) is 4.64. The van der Waals surface area contributed by atoms with Gasteiger partial charge in [-0.25, -0.2) is 9.37 Å². The maximum absolute atomic E-state index is 13.2. The van der Waals surface area contributed by atoms with Crippen LogP contribution >= 0.6 is 11.6 Å². The van der Waals surface area contributed by atoms with Crippen LogP contribution in [-0.2, 0) is 6.18 Å². The molecule has 1 aliphatic carbocycles. The molecular formula is C15H11ClF4N4. The molecule has 0 bridgehead atoms. The zero-order chi connectivity index (χ0) is 17.1. The van der Waals surface area contributed by atoms with Crippen LogP contribution in [0, 0.1) is 0 Å². The summed E-state index contributed by atoms with van der Waals surface area (Å²) in [5, 5.41) is 7.60. The molecule has 2 heterocycles. The summed E-state index contributed by atoms with van der Waals surface area (Å²) in [6.45, 7) is 0. The van der Waals surface area contributed by atoms with E-state index in [1.807, 2.05) is 0 Å². The van der Waals surface area contributed by atoms with E-state index >= 15 is 0 Å². The predicted molar refractivity (Wildman–Crippen MR) is 80.1 cm³/mol. The quantitative estimate of drug-likeness (QED) is 0.678. The Hall–Kier alpha value is -2.09. The largest absolute Gasteiger partial charge is 0.434 e. The zero-order valence-electron chi connectivity index (χ0n) is 12.1. The van der Waals surface area contributed by atoms with E-state index < -0.39 is 18.0 Å². The molecule has 0 unspecified atom stereocenters. The zero-order valence-corrected chi connectivity index (χ0v) is 12.9. The lowest BCUT2D eigenvalue weighted by atomic mass is 9.83. The third-order valence-electron chi connectivity index (χ3n) is 4.23. The lowest BCUT2D eigenvalue weighted by Gasteiger charge is -2.29. The Balaban J connectivity index is 1.87. The van der Waals surface area contributed by atoms with Crippen LogP contribution in [0.1, 0.15) is 30.3 Å². The van der Waals surface area contributed by atoms with Gasteiger partial charge in [0.1, 0.15) is 12.0 Å². The van der Waals surface area contributed by atoms with Crippen molar-refractivity contribution in [3.05, 3.63) is 41.1 Å². The number of imidazole rings is 1. The standard InChI is InChI=1S/C15H11ClF4N4/c16-11-4-10(3-8-5-21-23-13(8)11)24-6-12(15(18,19)20)22-14(24)7-1-9(17)2-7/h3-7,9H,1-2H2,(H,21,23). The first-order valence-corrected chi connectivity index (χ1v) is 7.64. The molecular weight excluding hydrogens is 348 g/mol. The molecule has 1 aliphatic rings. The molecule has 0 aliphatic heterocycles. The number of fused-ring (bicyclic) bond motifs is 1. The van der Waals surface area contributed by atoms with Crippen LogP contribution in [0.2, 0.25) is 5.02 Å². The molecule has 0 spiro atoms. The number of aromatic nitrogens is 4. The van der Waals surface area contributed by atoms with Crippen molar-refractivity contribution in [3.8, 4) is 5.69 Å². The summed E-state index contributed by atoms with van der Waals surface area (Å²) in [5.74, 6) is -0.134. The summed E-state index contributed by atoms with van der Waals surface area (Å²) in [6.07, 6.45) is -2.74. The van der Waals surface area contributed by atoms with Crippen molar-refractivity contribution >= 4 is 22.5 Å². The number of benzene rings is 1. The fourth-order valence-electron chi connectivity index (χ4n) is 2.92. The van der Waals surface area contributed by atoms with E-state index in [9.17, 15) is 17.6 Å². The average Bonchev–Trinajstić information content (AvgIpc) is 3.09. The number of H-pyrrole nitrogens is 1. The van der Waals surface area contributed by atoms with Gasteiger partial charge in [-0.1, -0.05) is 11.6 Å². The number of hydrogen-bond acceptors (Lipinski definition) is 2. The van der Waals surface area contributed by atoms with Gasteiger partial charge in [-0.05, 0) is 25.0 Å². The highest BCUT2D eigenvalue weighted by molar-refractivity contribution is 6.35. The number of alkyl halides is 4. The van der Waals surface area contributed by atoms with Crippen molar-refractivity contribution in [1.82, 2.24) is 19.7 Å². The van der Waals surface area contributed by atoms with E-state index in [-0.39, 0.29) is 24.6 Å². The first-order valence-electron chi connectivity index (χ1n) is 7.26. The number of hydrogen-bond donors (Lipinski definition) is 1. The van der Waals surface area contributed by atoms with Crippen molar-refractivity contribution in [1.29, 1.82) is 0 Å². The molecule has 1 N–H and O–H groups in total. The average molecular weight is 359 g/mol. The molecule has 2 aromatic heterocycles. The summed E-state index contributed by atoms with van der Waals surface area (Å²) in [4.78, 5) is 3.72. The van der Waals surface area contributed by atoms with Gasteiger partial charge in [0.25, 0.3) is 0 Å². The van der Waals surface area contributed by atoms with Crippen molar-refractivity contribution in [2.75, 3.05) is 0 Å². The molecule has 9 heteroatoms. The van der Waals surface area contributed by atoms with Gasteiger partial charge in [0.05, 0.1) is 16.7 Å². The van der Waals surface area contributed by atoms with Gasteiger partial charge in [-0.2, -0.15) is 18.3 Å². The van der Waals surface area contributed by atoms with Crippen molar-refractivity contribution in [3.63, 3.8) is 0 Å². The molecule has 126 valence electrons. The second-order valence-electron chi connectivity index (χ2n) is 5.88. The van der Waals surface area contributed by atoms with Gasteiger partial charge >= 0.3 is 6.18 Å². The van der Waals surface area contributed by atoms with E-state index in [1.165, 1.54) is 10.8 Å². The Morgan fingerprint density at radius 2 is 2.00 bits per heavy atom. The summed E-state index contributed by atoms with van der Waals surface area (Å²) in [7, 11) is 0. The molecule has 4 rings (SSSR count). The molecule has 1 aromatic carbocycles. The molecule has 1 fully saturated rings. The topological polar surface area (TPSA) is 46.5 Å². The van der Waals surface area contributed by atoms with Gasteiger partial charge in [0.15, 0.2) is 5.69 Å². The number of rotatable bonds is 2. The van der Waals surface area contributed by atoms with Crippen LogP contribution in [-0.4, -0.2) is 25.9 Å². The minimum absolute atomic E-state index is 0.177. The number of nitrogens with zero attached hydrogens (tertiary/aromatic N) is 3. The lowest BCUT2D eigenvalue weighted by molar-refractivity contribution is -0.141. The van der Waals surface area contributed by atoms with Gasteiger partial charge in [-0.3, -0.25) is 5.10 Å². The highest BCUT2D eigenvalue weighted by Gasteiger charge is 2.39. The van der Waals surface area contributed by atoms with Crippen molar-refractivity contribution < 1.29 is 17.6 Å². The van der Waals surface area contributed by atoms with Crippen molar-refractivity contribution in [2.45, 2.75) is 31.1 Å². The monoisotopic (exact) mass is 358 g/mol. The van der Waals surface area contributed by atoms with Gasteiger partial charge in [0.2, 0.25) is 0 Å². The normalized spacial score (nSPS) is 21.2. The van der Waals surface area contributed by atoms with Crippen LogP contribution in [0.5, 0.6) is 0 Å². The first-order chi connectivity index (χ1) is 11.3. The molecule has 0 radical (unpaired) electrons. The maximum atomic E-state index is 13.2. The Labute approximate surface area is 138 Å². The smallest absolute Gasteiger partial charge is 0.303 e. The lowest BCUT2D eigenvalue weighted by Crippen LogP contribution is -2.25. The van der Waals surface area contributed by atoms with E-state index in [4.69, 9.17) is 11.6 Å². The maximum Gasteiger partial charge on any atom is 0.434 e. The fourth-order valence-corrected chi connectivity index (χ4v) is 3.19. The Bertz CT molecular complexity index is 908. The van der Waals surface area contributed by atoms with Crippen LogP contribution in [0.15, 0.2) is 24.5 Å². The Morgan fingerprint density at radius 3 is 2.67 bits per heavy atom. The van der Waals surface area contributed by atoms with Gasteiger partial charge in [-0.15, -0.1) is 0 Å². The second-order valence-corrected chi connectivity index (χ2v) is 6.29. The fraction of sp³-hybridized carbons (Fsp3) is 0.333. The third-order valence-corrected chi connectivity index (χ3v) is 4.53. The number of aromatic amines is 1. The third kappa shape index (κ3) is 2.45. The molecule has 0 saturated heterocycles. The summed E-state index contributed by atoms with van der Waals surface area (Å²) >= 11 is 6.17.